The van der Waals surface area contributed by atoms with Crippen LogP contribution >= 0.6 is 11.6 Å². The first-order valence-electron chi connectivity index (χ1n) is 11.9. The Hall–Kier alpha value is -4.00. The molecular formula is C26H26ClN5O6S. The number of amides is 1. The van der Waals surface area contributed by atoms with E-state index in [1.165, 1.54) is 46.9 Å². The van der Waals surface area contributed by atoms with Crippen LogP contribution in [0.15, 0.2) is 71.8 Å². The number of nitrogens with one attached hydrogen (secondary N) is 1. The highest BCUT2D eigenvalue weighted by atomic mass is 35.5. The lowest BCUT2D eigenvalue weighted by Crippen LogP contribution is -2.36. The van der Waals surface area contributed by atoms with Gasteiger partial charge in [0.15, 0.2) is 0 Å². The second kappa shape index (κ2) is 12.2. The number of nitro groups is 1. The molecule has 0 spiro atoms. The maximum absolute atomic E-state index is 12.7. The fraction of sp³-hybridized carbons (Fsp3) is 0.231. The number of carbonyl (C=O) groups excluding carboxylic acids is 1. The smallest absolute Gasteiger partial charge is 0.271 e. The Balaban J connectivity index is 1.49. The number of halogens is 1. The summed E-state index contributed by atoms with van der Waals surface area (Å²) in [6.07, 6.45) is 2.46. The molecule has 3 aromatic rings. The van der Waals surface area contributed by atoms with E-state index in [0.29, 0.717) is 48.1 Å². The highest BCUT2D eigenvalue weighted by Crippen LogP contribution is 2.26. The molecule has 11 nitrogen and oxygen atoms in total. The van der Waals surface area contributed by atoms with Crippen LogP contribution in [0.4, 0.5) is 17.1 Å². The van der Waals surface area contributed by atoms with Crippen LogP contribution < -0.4 is 14.6 Å². The van der Waals surface area contributed by atoms with Gasteiger partial charge in [0.2, 0.25) is 10.0 Å². The monoisotopic (exact) mass is 571 g/mol. The number of carbonyl (C=O) groups is 1. The maximum atomic E-state index is 12.7. The predicted octanol–water partition coefficient (Wildman–Crippen LogP) is 3.81. The molecule has 1 aliphatic rings. The molecule has 1 aliphatic heterocycles. The Morgan fingerprint density at radius 3 is 2.49 bits per heavy atom. The van der Waals surface area contributed by atoms with Crippen LogP contribution in [0.1, 0.15) is 21.5 Å². The third kappa shape index (κ3) is 7.11. The minimum Gasteiger partial charge on any atom is -0.378 e. The van der Waals surface area contributed by atoms with Gasteiger partial charge in [-0.3, -0.25) is 19.2 Å². The van der Waals surface area contributed by atoms with E-state index in [4.69, 9.17) is 16.3 Å². The molecule has 3 aromatic carbocycles. The van der Waals surface area contributed by atoms with Gasteiger partial charge >= 0.3 is 0 Å². The molecule has 0 saturated carbocycles. The van der Waals surface area contributed by atoms with E-state index in [1.54, 1.807) is 30.3 Å². The molecule has 4 rings (SSSR count). The summed E-state index contributed by atoms with van der Waals surface area (Å²) in [6.45, 7) is 2.35. The number of rotatable bonds is 9. The number of nitro benzene ring substituents is 1. The molecule has 0 bridgehead atoms. The highest BCUT2D eigenvalue weighted by Gasteiger charge is 2.20. The lowest BCUT2D eigenvalue weighted by Gasteiger charge is -2.29. The number of ether oxygens (including phenoxy) is 1. The van der Waals surface area contributed by atoms with Crippen molar-refractivity contribution in [2.75, 3.05) is 41.8 Å². The number of hydrazone groups is 1. The molecular weight excluding hydrogens is 546 g/mol. The Labute approximate surface area is 230 Å². The molecule has 0 aromatic heterocycles. The summed E-state index contributed by atoms with van der Waals surface area (Å²) in [5, 5.41) is 15.7. The van der Waals surface area contributed by atoms with Gasteiger partial charge in [-0.05, 0) is 42.0 Å². The van der Waals surface area contributed by atoms with E-state index in [1.807, 2.05) is 4.90 Å². The molecule has 1 heterocycles. The van der Waals surface area contributed by atoms with Crippen molar-refractivity contribution in [1.82, 2.24) is 5.43 Å². The molecule has 204 valence electrons. The molecule has 1 saturated heterocycles. The number of sulfonamides is 1. The first kappa shape index (κ1) is 28.0. The summed E-state index contributed by atoms with van der Waals surface area (Å²) in [7, 11) is -3.64. The molecule has 39 heavy (non-hydrogen) atoms. The number of hydrogen-bond donors (Lipinski definition) is 1. The summed E-state index contributed by atoms with van der Waals surface area (Å²) >= 11 is 6.21. The van der Waals surface area contributed by atoms with Crippen molar-refractivity contribution in [2.45, 2.75) is 6.54 Å². The minimum atomic E-state index is -3.64. The van der Waals surface area contributed by atoms with Gasteiger partial charge in [-0.2, -0.15) is 5.10 Å². The zero-order chi connectivity index (χ0) is 28.0. The fourth-order valence-electron chi connectivity index (χ4n) is 4.04. The molecule has 1 amide bonds. The van der Waals surface area contributed by atoms with Crippen LogP contribution in [-0.2, 0) is 21.3 Å². The summed E-state index contributed by atoms with van der Waals surface area (Å²) < 4.78 is 31.5. The van der Waals surface area contributed by atoms with Crippen LogP contribution in [-0.4, -0.2) is 58.0 Å². The van der Waals surface area contributed by atoms with Crippen LogP contribution in [0.25, 0.3) is 0 Å². The van der Waals surface area contributed by atoms with Crippen LogP contribution in [0.3, 0.4) is 0 Å². The van der Waals surface area contributed by atoms with E-state index < -0.39 is 20.9 Å². The molecule has 1 fully saturated rings. The highest BCUT2D eigenvalue weighted by molar-refractivity contribution is 7.92. The van der Waals surface area contributed by atoms with E-state index in [0.717, 1.165) is 11.9 Å². The SMILES string of the molecule is CS(=O)(=O)N(Cc1ccccc1Cl)c1ccc(C(=O)N/N=C\c2cc([N+](=O)[O-])ccc2N2CCOCC2)cc1. The molecule has 0 aliphatic carbocycles. The Morgan fingerprint density at radius 2 is 1.85 bits per heavy atom. The van der Waals surface area contributed by atoms with Crippen LogP contribution in [0.5, 0.6) is 0 Å². The quantitative estimate of drug-likeness (QED) is 0.234. The molecule has 0 radical (unpaired) electrons. The van der Waals surface area contributed by atoms with E-state index in [9.17, 15) is 23.3 Å². The standard InChI is InChI=1S/C26H26ClN5O6S/c1-39(36,37)31(18-20-4-2-3-5-24(20)27)22-8-6-19(7-9-22)26(33)29-28-17-21-16-23(32(34)35)10-11-25(21)30-12-14-38-15-13-30/h2-11,16-17H,12-15,18H2,1H3,(H,29,33)/b28-17-. The van der Waals surface area contributed by atoms with Crippen molar-refractivity contribution in [2.24, 2.45) is 5.10 Å². The zero-order valence-electron chi connectivity index (χ0n) is 21.0. The number of anilines is 2. The Morgan fingerprint density at radius 1 is 1.15 bits per heavy atom. The van der Waals surface area contributed by atoms with Crippen molar-refractivity contribution < 1.29 is 22.9 Å². The summed E-state index contributed by atoms with van der Waals surface area (Å²) in [6, 6.07) is 17.4. The van der Waals surface area contributed by atoms with Gasteiger partial charge < -0.3 is 9.64 Å². The van der Waals surface area contributed by atoms with E-state index in [2.05, 4.69) is 10.5 Å². The van der Waals surface area contributed by atoms with Gasteiger partial charge in [-0.15, -0.1) is 0 Å². The zero-order valence-corrected chi connectivity index (χ0v) is 22.6. The third-order valence-corrected chi connectivity index (χ3v) is 7.54. The first-order valence-corrected chi connectivity index (χ1v) is 14.1. The van der Waals surface area contributed by atoms with Gasteiger partial charge in [0.25, 0.3) is 11.6 Å². The van der Waals surface area contributed by atoms with Gasteiger partial charge in [0.1, 0.15) is 0 Å². The number of nitrogens with zero attached hydrogens (tertiary/aromatic N) is 4. The van der Waals surface area contributed by atoms with Crippen LogP contribution in [0, 0.1) is 10.1 Å². The minimum absolute atomic E-state index is 0.0308. The fourth-order valence-corrected chi connectivity index (χ4v) is 5.11. The first-order chi connectivity index (χ1) is 18.6. The number of hydrogen-bond acceptors (Lipinski definition) is 8. The second-order valence-electron chi connectivity index (χ2n) is 8.71. The maximum Gasteiger partial charge on any atom is 0.271 e. The predicted molar refractivity (Wildman–Crippen MR) is 150 cm³/mol. The van der Waals surface area contributed by atoms with Crippen molar-refractivity contribution in [3.8, 4) is 0 Å². The topological polar surface area (TPSA) is 134 Å². The van der Waals surface area contributed by atoms with Crippen molar-refractivity contribution >= 4 is 50.8 Å². The van der Waals surface area contributed by atoms with Gasteiger partial charge in [-0.1, -0.05) is 29.8 Å². The summed E-state index contributed by atoms with van der Waals surface area (Å²) in [5.74, 6) is -0.534. The Bertz CT molecular complexity index is 1490. The average Bonchev–Trinajstić information content (AvgIpc) is 2.92. The third-order valence-electron chi connectivity index (χ3n) is 6.03. The number of benzene rings is 3. The van der Waals surface area contributed by atoms with Crippen molar-refractivity contribution in [3.05, 3.63) is 98.6 Å². The average molecular weight is 572 g/mol. The molecule has 0 atom stereocenters. The normalized spacial score (nSPS) is 13.8. The van der Waals surface area contributed by atoms with Gasteiger partial charge in [0.05, 0.1) is 42.8 Å². The summed E-state index contributed by atoms with van der Waals surface area (Å²) in [4.78, 5) is 25.5. The number of morpholine rings is 1. The second-order valence-corrected chi connectivity index (χ2v) is 11.0. The van der Waals surface area contributed by atoms with Crippen molar-refractivity contribution in [1.29, 1.82) is 0 Å². The van der Waals surface area contributed by atoms with E-state index >= 15 is 0 Å². The Kier molecular flexibility index (Phi) is 8.79. The molecule has 0 unspecified atom stereocenters. The largest absolute Gasteiger partial charge is 0.378 e. The van der Waals surface area contributed by atoms with Crippen molar-refractivity contribution in [3.63, 3.8) is 0 Å². The lowest BCUT2D eigenvalue weighted by atomic mass is 10.1. The molecule has 13 heteroatoms. The number of non-ortho nitro benzene ring substituents is 1. The van der Waals surface area contributed by atoms with Gasteiger partial charge in [-0.25, -0.2) is 13.8 Å². The van der Waals surface area contributed by atoms with E-state index in [-0.39, 0.29) is 17.8 Å². The molecule has 1 N–H and O–H groups in total. The van der Waals surface area contributed by atoms with Crippen LogP contribution in [0.2, 0.25) is 5.02 Å². The lowest BCUT2D eigenvalue weighted by molar-refractivity contribution is -0.384. The summed E-state index contributed by atoms with van der Waals surface area (Å²) in [5.41, 5.74) is 4.79. The van der Waals surface area contributed by atoms with Gasteiger partial charge in [0, 0.05) is 47.1 Å².